The zero-order chi connectivity index (χ0) is 13.0. The molecule has 94 valence electrons. The Kier molecular flexibility index (Phi) is 4.05. The van der Waals surface area contributed by atoms with Crippen LogP contribution in [0.3, 0.4) is 0 Å². The lowest BCUT2D eigenvalue weighted by molar-refractivity contribution is 0.672. The zero-order valence-corrected chi connectivity index (χ0v) is 11.2. The average Bonchev–Trinajstić information content (AvgIpc) is 2.32. The first kappa shape index (κ1) is 12.7. The molecule has 1 aromatic heterocycles. The molecular weight excluding hydrogens is 222 g/mol. The fourth-order valence-electron chi connectivity index (χ4n) is 1.97. The van der Waals surface area contributed by atoms with Crippen LogP contribution < -0.4 is 5.32 Å². The van der Waals surface area contributed by atoms with Gasteiger partial charge in [-0.1, -0.05) is 23.8 Å². The van der Waals surface area contributed by atoms with Gasteiger partial charge in [-0.15, -0.1) is 0 Å². The molecule has 2 aromatic rings. The minimum absolute atomic E-state index is 0.774. The number of nitrogens with zero attached hydrogens (tertiary/aromatic N) is 2. The molecule has 18 heavy (non-hydrogen) atoms. The summed E-state index contributed by atoms with van der Waals surface area (Å²) in [4.78, 5) is 8.46. The molecule has 0 saturated carbocycles. The highest BCUT2D eigenvalue weighted by Crippen LogP contribution is 2.10. The largest absolute Gasteiger partial charge is 0.307 e. The number of hydrogen-bond donors (Lipinski definition) is 1. The van der Waals surface area contributed by atoms with Crippen molar-refractivity contribution in [1.29, 1.82) is 0 Å². The van der Waals surface area contributed by atoms with Gasteiger partial charge in [-0.3, -0.25) is 0 Å². The van der Waals surface area contributed by atoms with Crippen molar-refractivity contribution in [1.82, 2.24) is 15.3 Å². The quantitative estimate of drug-likeness (QED) is 0.894. The van der Waals surface area contributed by atoms with Crippen LogP contribution in [0.5, 0.6) is 0 Å². The molecule has 2 rings (SSSR count). The Bertz CT molecular complexity index is 535. The van der Waals surface area contributed by atoms with Gasteiger partial charge in [0.05, 0.1) is 5.69 Å². The van der Waals surface area contributed by atoms with Crippen LogP contribution in [0.15, 0.2) is 30.5 Å². The minimum atomic E-state index is 0.774. The lowest BCUT2D eigenvalue weighted by atomic mass is 10.1. The minimum Gasteiger partial charge on any atom is -0.307 e. The van der Waals surface area contributed by atoms with Crippen molar-refractivity contribution in [3.8, 4) is 0 Å². The Morgan fingerprint density at radius 1 is 1.06 bits per heavy atom. The number of aromatic nitrogens is 2. The van der Waals surface area contributed by atoms with Gasteiger partial charge in [0.2, 0.25) is 0 Å². The third-order valence-electron chi connectivity index (χ3n) is 2.95. The lowest BCUT2D eigenvalue weighted by Gasteiger charge is -2.08. The van der Waals surface area contributed by atoms with Crippen LogP contribution in [0.1, 0.15) is 28.2 Å². The van der Waals surface area contributed by atoms with Crippen molar-refractivity contribution in [3.63, 3.8) is 0 Å². The van der Waals surface area contributed by atoms with Crippen LogP contribution in [0.2, 0.25) is 0 Å². The summed E-state index contributed by atoms with van der Waals surface area (Å²) in [6, 6.07) is 8.50. The highest BCUT2D eigenvalue weighted by molar-refractivity contribution is 5.30. The van der Waals surface area contributed by atoms with Gasteiger partial charge < -0.3 is 5.32 Å². The summed E-state index contributed by atoms with van der Waals surface area (Å²) < 4.78 is 0. The van der Waals surface area contributed by atoms with Gasteiger partial charge in [0.1, 0.15) is 5.82 Å². The monoisotopic (exact) mass is 241 g/mol. The maximum atomic E-state index is 4.37. The highest BCUT2D eigenvalue weighted by atomic mass is 14.9. The fraction of sp³-hybridized carbons (Fsp3) is 0.333. The SMILES string of the molecule is Cc1ccc(CNCc2ccnc(C)n2)c(C)c1. The van der Waals surface area contributed by atoms with Crippen molar-refractivity contribution in [2.45, 2.75) is 33.9 Å². The molecule has 0 bridgehead atoms. The molecule has 0 radical (unpaired) electrons. The first-order valence-electron chi connectivity index (χ1n) is 6.20. The van der Waals surface area contributed by atoms with Crippen LogP contribution in [-0.4, -0.2) is 9.97 Å². The van der Waals surface area contributed by atoms with Crippen LogP contribution in [0, 0.1) is 20.8 Å². The molecule has 3 nitrogen and oxygen atoms in total. The normalized spacial score (nSPS) is 10.6. The second-order valence-corrected chi connectivity index (χ2v) is 4.63. The third kappa shape index (κ3) is 3.37. The van der Waals surface area contributed by atoms with E-state index < -0.39 is 0 Å². The van der Waals surface area contributed by atoms with E-state index in [9.17, 15) is 0 Å². The number of hydrogen-bond acceptors (Lipinski definition) is 3. The standard InChI is InChI=1S/C15H19N3/c1-11-4-5-14(12(2)8-11)9-16-10-15-6-7-17-13(3)18-15/h4-8,16H,9-10H2,1-3H3. The molecule has 1 aromatic carbocycles. The van der Waals surface area contributed by atoms with Crippen molar-refractivity contribution in [3.05, 3.63) is 58.7 Å². The first-order chi connectivity index (χ1) is 8.65. The average molecular weight is 241 g/mol. The maximum absolute atomic E-state index is 4.37. The lowest BCUT2D eigenvalue weighted by Crippen LogP contribution is -2.14. The van der Waals surface area contributed by atoms with Gasteiger partial charge in [0.15, 0.2) is 0 Å². The zero-order valence-electron chi connectivity index (χ0n) is 11.2. The Labute approximate surface area is 108 Å². The number of benzene rings is 1. The van der Waals surface area contributed by atoms with E-state index in [4.69, 9.17) is 0 Å². The Hall–Kier alpha value is -1.74. The van der Waals surface area contributed by atoms with E-state index in [1.165, 1.54) is 16.7 Å². The molecule has 0 amide bonds. The molecule has 0 saturated heterocycles. The smallest absolute Gasteiger partial charge is 0.125 e. The summed E-state index contributed by atoms with van der Waals surface area (Å²) in [5.74, 6) is 0.820. The van der Waals surface area contributed by atoms with Gasteiger partial charge >= 0.3 is 0 Å². The third-order valence-corrected chi connectivity index (χ3v) is 2.95. The predicted molar refractivity (Wildman–Crippen MR) is 73.2 cm³/mol. The summed E-state index contributed by atoms with van der Waals surface area (Å²) >= 11 is 0. The van der Waals surface area contributed by atoms with Gasteiger partial charge in [-0.2, -0.15) is 0 Å². The summed E-state index contributed by atoms with van der Waals surface area (Å²) in [5.41, 5.74) is 5.02. The first-order valence-corrected chi connectivity index (χ1v) is 6.20. The van der Waals surface area contributed by atoms with Crippen LogP contribution >= 0.6 is 0 Å². The van der Waals surface area contributed by atoms with E-state index in [1.54, 1.807) is 6.20 Å². The van der Waals surface area contributed by atoms with E-state index >= 15 is 0 Å². The van der Waals surface area contributed by atoms with Gasteiger partial charge in [-0.25, -0.2) is 9.97 Å². The van der Waals surface area contributed by atoms with Crippen LogP contribution in [0.4, 0.5) is 0 Å². The van der Waals surface area contributed by atoms with Crippen LogP contribution in [-0.2, 0) is 13.1 Å². The number of rotatable bonds is 4. The molecule has 1 heterocycles. The molecule has 0 aliphatic rings. The molecule has 0 fully saturated rings. The second-order valence-electron chi connectivity index (χ2n) is 4.63. The van der Waals surface area contributed by atoms with Crippen molar-refractivity contribution in [2.24, 2.45) is 0 Å². The molecule has 1 N–H and O–H groups in total. The Morgan fingerprint density at radius 2 is 1.89 bits per heavy atom. The highest BCUT2D eigenvalue weighted by Gasteiger charge is 1.99. The Morgan fingerprint density at radius 3 is 2.61 bits per heavy atom. The van der Waals surface area contributed by atoms with E-state index in [2.05, 4.69) is 47.3 Å². The topological polar surface area (TPSA) is 37.8 Å². The van der Waals surface area contributed by atoms with E-state index in [-0.39, 0.29) is 0 Å². The van der Waals surface area contributed by atoms with Gasteiger partial charge in [0.25, 0.3) is 0 Å². The molecule has 0 spiro atoms. The van der Waals surface area contributed by atoms with Crippen molar-refractivity contribution in [2.75, 3.05) is 0 Å². The number of nitrogens with one attached hydrogen (secondary N) is 1. The molecule has 3 heteroatoms. The summed E-state index contributed by atoms with van der Waals surface area (Å²) in [5, 5.41) is 3.42. The maximum Gasteiger partial charge on any atom is 0.125 e. The predicted octanol–water partition coefficient (Wildman–Crippen LogP) is 2.69. The fourth-order valence-corrected chi connectivity index (χ4v) is 1.97. The second kappa shape index (κ2) is 5.74. The van der Waals surface area contributed by atoms with E-state index in [0.29, 0.717) is 0 Å². The molecule has 0 atom stereocenters. The summed E-state index contributed by atoms with van der Waals surface area (Å²) in [6.45, 7) is 7.83. The van der Waals surface area contributed by atoms with Gasteiger partial charge in [0, 0.05) is 19.3 Å². The summed E-state index contributed by atoms with van der Waals surface area (Å²) in [7, 11) is 0. The molecular formula is C15H19N3. The van der Waals surface area contributed by atoms with E-state index in [0.717, 1.165) is 24.6 Å². The Balaban J connectivity index is 1.92. The van der Waals surface area contributed by atoms with E-state index in [1.807, 2.05) is 13.0 Å². The molecule has 0 unspecified atom stereocenters. The number of aryl methyl sites for hydroxylation is 3. The van der Waals surface area contributed by atoms with Gasteiger partial charge in [-0.05, 0) is 38.0 Å². The van der Waals surface area contributed by atoms with Crippen molar-refractivity contribution >= 4 is 0 Å². The summed E-state index contributed by atoms with van der Waals surface area (Å²) in [6.07, 6.45) is 1.80. The van der Waals surface area contributed by atoms with Crippen molar-refractivity contribution < 1.29 is 0 Å². The van der Waals surface area contributed by atoms with Crippen LogP contribution in [0.25, 0.3) is 0 Å². The molecule has 0 aliphatic carbocycles. The molecule has 0 aliphatic heterocycles.